The highest BCUT2D eigenvalue weighted by Crippen LogP contribution is 2.38. The van der Waals surface area contributed by atoms with E-state index in [1.807, 2.05) is 47.4 Å². The fourth-order valence-electron chi connectivity index (χ4n) is 4.16. The lowest BCUT2D eigenvalue weighted by atomic mass is 9.95. The molecule has 2 heteroatoms. The van der Waals surface area contributed by atoms with E-state index < -0.39 is 0 Å². The first-order valence-corrected chi connectivity index (χ1v) is 11.2. The number of unbranched alkanes of at least 4 members (excludes halogenated alkanes) is 3. The van der Waals surface area contributed by atoms with Gasteiger partial charge in [-0.2, -0.15) is 0 Å². The van der Waals surface area contributed by atoms with Crippen molar-refractivity contribution in [3.05, 3.63) is 119 Å². The standard InChI is InChI=1S/C29H29NO/c1-2-3-4-8-19-25-22-27(30(29(25)31)26-20-13-7-14-21-26)28(23-15-9-5-10-16-23)24-17-11-6-12-18-24/h5-7,9-18,20-22H,2-4,8,19H2,1H3. The maximum atomic E-state index is 13.6. The number of allylic oxidation sites excluding steroid dienone is 1. The van der Waals surface area contributed by atoms with Crippen molar-refractivity contribution >= 4 is 17.2 Å². The molecule has 1 aliphatic heterocycles. The van der Waals surface area contributed by atoms with E-state index in [1.54, 1.807) is 0 Å². The third-order valence-electron chi connectivity index (χ3n) is 5.72. The Hall–Kier alpha value is -3.39. The molecule has 0 atom stereocenters. The van der Waals surface area contributed by atoms with E-state index in [-0.39, 0.29) is 5.91 Å². The normalized spacial score (nSPS) is 13.5. The van der Waals surface area contributed by atoms with Crippen LogP contribution in [0, 0.1) is 0 Å². The van der Waals surface area contributed by atoms with E-state index in [4.69, 9.17) is 0 Å². The third kappa shape index (κ3) is 4.69. The highest BCUT2D eigenvalue weighted by molar-refractivity contribution is 6.14. The maximum Gasteiger partial charge on any atom is 0.258 e. The molecule has 3 aromatic rings. The van der Waals surface area contributed by atoms with Crippen LogP contribution in [0.15, 0.2) is 108 Å². The molecule has 0 radical (unpaired) electrons. The summed E-state index contributed by atoms with van der Waals surface area (Å²) in [7, 11) is 0. The molecule has 0 fully saturated rings. The first kappa shape index (κ1) is 20.9. The van der Waals surface area contributed by atoms with Gasteiger partial charge in [-0.3, -0.25) is 9.69 Å². The van der Waals surface area contributed by atoms with Gasteiger partial charge in [0.15, 0.2) is 0 Å². The fraction of sp³-hybridized carbons (Fsp3) is 0.207. The summed E-state index contributed by atoms with van der Waals surface area (Å²) in [4.78, 5) is 15.5. The molecule has 3 aromatic carbocycles. The highest BCUT2D eigenvalue weighted by atomic mass is 16.2. The Bertz CT molecular complexity index is 1020. The molecule has 1 amide bonds. The summed E-state index contributed by atoms with van der Waals surface area (Å²) in [5.74, 6) is 0.0991. The average molecular weight is 408 g/mol. The van der Waals surface area contributed by atoms with Crippen LogP contribution in [-0.2, 0) is 4.79 Å². The molecule has 0 spiro atoms. The van der Waals surface area contributed by atoms with Crippen molar-refractivity contribution in [3.8, 4) is 0 Å². The van der Waals surface area contributed by atoms with Crippen molar-refractivity contribution < 1.29 is 4.79 Å². The Kier molecular flexibility index (Phi) is 6.78. The molecule has 0 aromatic heterocycles. The summed E-state index contributed by atoms with van der Waals surface area (Å²) < 4.78 is 0. The van der Waals surface area contributed by atoms with Crippen LogP contribution in [0.25, 0.3) is 5.57 Å². The van der Waals surface area contributed by atoms with Crippen LogP contribution in [0.5, 0.6) is 0 Å². The molecule has 0 aliphatic carbocycles. The Balaban J connectivity index is 1.86. The number of rotatable bonds is 8. The van der Waals surface area contributed by atoms with Gasteiger partial charge >= 0.3 is 0 Å². The Morgan fingerprint density at radius 2 is 1.26 bits per heavy atom. The van der Waals surface area contributed by atoms with Crippen molar-refractivity contribution in [3.63, 3.8) is 0 Å². The zero-order chi connectivity index (χ0) is 21.5. The second-order valence-electron chi connectivity index (χ2n) is 7.95. The second-order valence-corrected chi connectivity index (χ2v) is 7.95. The second kappa shape index (κ2) is 10.1. The number of anilines is 1. The minimum Gasteiger partial charge on any atom is -0.277 e. The van der Waals surface area contributed by atoms with Crippen molar-refractivity contribution in [2.45, 2.75) is 39.0 Å². The number of amides is 1. The van der Waals surface area contributed by atoms with Gasteiger partial charge in [0.25, 0.3) is 5.91 Å². The van der Waals surface area contributed by atoms with E-state index in [9.17, 15) is 4.79 Å². The van der Waals surface area contributed by atoms with E-state index in [0.29, 0.717) is 0 Å². The summed E-state index contributed by atoms with van der Waals surface area (Å²) in [6.45, 7) is 2.21. The molecule has 0 bridgehead atoms. The molecule has 0 unspecified atom stereocenters. The van der Waals surface area contributed by atoms with Crippen molar-refractivity contribution in [1.82, 2.24) is 0 Å². The summed E-state index contributed by atoms with van der Waals surface area (Å²) >= 11 is 0. The lowest BCUT2D eigenvalue weighted by Gasteiger charge is -2.23. The smallest absolute Gasteiger partial charge is 0.258 e. The van der Waals surface area contributed by atoms with Crippen molar-refractivity contribution in [2.75, 3.05) is 4.90 Å². The summed E-state index contributed by atoms with van der Waals surface area (Å²) in [6.07, 6.45) is 7.56. The number of benzene rings is 3. The number of carbonyl (C=O) groups excluding carboxylic acids is 1. The van der Waals surface area contributed by atoms with Gasteiger partial charge in [0, 0.05) is 16.8 Å². The molecule has 1 aliphatic rings. The van der Waals surface area contributed by atoms with Crippen LogP contribution in [-0.4, -0.2) is 5.91 Å². The van der Waals surface area contributed by atoms with Gasteiger partial charge in [0.1, 0.15) is 0 Å². The summed E-state index contributed by atoms with van der Waals surface area (Å²) in [6, 6.07) is 30.7. The number of hydrogen-bond acceptors (Lipinski definition) is 1. The molecule has 1 heterocycles. The first-order valence-electron chi connectivity index (χ1n) is 11.2. The topological polar surface area (TPSA) is 20.3 Å². The number of para-hydroxylation sites is 1. The van der Waals surface area contributed by atoms with Gasteiger partial charge in [-0.15, -0.1) is 0 Å². The van der Waals surface area contributed by atoms with E-state index >= 15 is 0 Å². The quantitative estimate of drug-likeness (QED) is 0.356. The molecule has 0 saturated heterocycles. The number of nitrogens with zero attached hydrogens (tertiary/aromatic N) is 1. The Labute approximate surface area is 185 Å². The Morgan fingerprint density at radius 1 is 0.710 bits per heavy atom. The first-order chi connectivity index (χ1) is 15.3. The molecular weight excluding hydrogens is 378 g/mol. The lowest BCUT2D eigenvalue weighted by Crippen LogP contribution is -2.26. The number of carbonyl (C=O) groups is 1. The van der Waals surface area contributed by atoms with E-state index in [2.05, 4.69) is 61.5 Å². The minimum absolute atomic E-state index is 0.0991. The highest BCUT2D eigenvalue weighted by Gasteiger charge is 2.31. The minimum atomic E-state index is 0.0991. The van der Waals surface area contributed by atoms with Crippen LogP contribution in [0.1, 0.15) is 50.2 Å². The van der Waals surface area contributed by atoms with E-state index in [0.717, 1.165) is 52.9 Å². The monoisotopic (exact) mass is 407 g/mol. The van der Waals surface area contributed by atoms with Gasteiger partial charge in [-0.25, -0.2) is 0 Å². The zero-order valence-electron chi connectivity index (χ0n) is 18.1. The molecule has 0 N–H and O–H groups in total. The van der Waals surface area contributed by atoms with Crippen LogP contribution >= 0.6 is 0 Å². The largest absolute Gasteiger partial charge is 0.277 e. The molecule has 2 nitrogen and oxygen atoms in total. The molecule has 31 heavy (non-hydrogen) atoms. The maximum absolute atomic E-state index is 13.6. The third-order valence-corrected chi connectivity index (χ3v) is 5.72. The summed E-state index contributed by atoms with van der Waals surface area (Å²) in [5, 5.41) is 0. The van der Waals surface area contributed by atoms with Gasteiger partial charge in [0.2, 0.25) is 0 Å². The van der Waals surface area contributed by atoms with Gasteiger partial charge in [-0.1, -0.05) is 105 Å². The predicted octanol–water partition coefficient (Wildman–Crippen LogP) is 7.39. The van der Waals surface area contributed by atoms with Crippen LogP contribution < -0.4 is 4.90 Å². The van der Waals surface area contributed by atoms with Crippen LogP contribution in [0.3, 0.4) is 0 Å². The van der Waals surface area contributed by atoms with E-state index in [1.165, 1.54) is 12.8 Å². The SMILES string of the molecule is CCCCCCC1=CC(=C(c2ccccc2)c2ccccc2)N(c2ccccc2)C1=O. The van der Waals surface area contributed by atoms with Gasteiger partial charge < -0.3 is 0 Å². The summed E-state index contributed by atoms with van der Waals surface area (Å²) in [5.41, 5.74) is 6.08. The van der Waals surface area contributed by atoms with Gasteiger partial charge in [0.05, 0.1) is 5.70 Å². The number of hydrogen-bond donors (Lipinski definition) is 0. The van der Waals surface area contributed by atoms with Crippen molar-refractivity contribution in [2.24, 2.45) is 0 Å². The molecule has 4 rings (SSSR count). The predicted molar refractivity (Wildman–Crippen MR) is 130 cm³/mol. The van der Waals surface area contributed by atoms with Crippen LogP contribution in [0.4, 0.5) is 5.69 Å². The Morgan fingerprint density at radius 3 is 1.81 bits per heavy atom. The van der Waals surface area contributed by atoms with Crippen molar-refractivity contribution in [1.29, 1.82) is 0 Å². The van der Waals surface area contributed by atoms with Crippen LogP contribution in [0.2, 0.25) is 0 Å². The molecule has 156 valence electrons. The molecular formula is C29H29NO. The molecule has 0 saturated carbocycles. The lowest BCUT2D eigenvalue weighted by molar-refractivity contribution is -0.114. The van der Waals surface area contributed by atoms with Gasteiger partial charge in [-0.05, 0) is 42.2 Å². The zero-order valence-corrected chi connectivity index (χ0v) is 18.1. The average Bonchev–Trinajstić information content (AvgIpc) is 3.14. The fourth-order valence-corrected chi connectivity index (χ4v) is 4.16.